The van der Waals surface area contributed by atoms with Crippen LogP contribution in [0.2, 0.25) is 0 Å². The Kier molecular flexibility index (Phi) is 15.9. The fourth-order valence-corrected chi connectivity index (χ4v) is 2.08. The maximum absolute atomic E-state index is 5.89. The van der Waals surface area contributed by atoms with Crippen LogP contribution in [0.15, 0.2) is 34.8 Å². The average molecular weight is 293 g/mol. The average Bonchev–Trinajstić information content (AvgIpc) is 2.97. The molecule has 0 aliphatic heterocycles. The monoisotopic (exact) mass is 292 g/mol. The molecule has 0 radical (unpaired) electrons. The van der Waals surface area contributed by atoms with Crippen molar-refractivity contribution >= 4 is 5.57 Å². The molecule has 1 unspecified atom stereocenters. The lowest BCUT2D eigenvalue weighted by Gasteiger charge is -2.06. The Balaban J connectivity index is 0. The van der Waals surface area contributed by atoms with Crippen LogP contribution in [-0.4, -0.2) is 0 Å². The number of allylic oxidation sites excluding steroid dienone is 4. The second-order valence-electron chi connectivity index (χ2n) is 4.61. The third-order valence-electron chi connectivity index (χ3n) is 2.93. The Morgan fingerprint density at radius 3 is 2.24 bits per heavy atom. The summed E-state index contributed by atoms with van der Waals surface area (Å²) in [6.45, 7) is 16.6. The first-order chi connectivity index (χ1) is 10.2. The summed E-state index contributed by atoms with van der Waals surface area (Å²) in [6.07, 6.45) is 9.75. The van der Waals surface area contributed by atoms with Gasteiger partial charge < -0.3 is 4.42 Å². The van der Waals surface area contributed by atoms with E-state index in [0.717, 1.165) is 23.5 Å². The van der Waals surface area contributed by atoms with Gasteiger partial charge in [-0.25, -0.2) is 0 Å². The van der Waals surface area contributed by atoms with Gasteiger partial charge in [0.25, 0.3) is 0 Å². The molecule has 1 rings (SSSR count). The molecule has 1 heteroatoms. The van der Waals surface area contributed by atoms with Crippen molar-refractivity contribution in [2.75, 3.05) is 0 Å². The molecule has 0 aromatic carbocycles. The molecule has 0 aliphatic rings. The lowest BCUT2D eigenvalue weighted by atomic mass is 10.0. The second-order valence-corrected chi connectivity index (χ2v) is 4.61. The number of hydrogen-bond donors (Lipinski definition) is 0. The molecule has 1 atom stereocenters. The van der Waals surface area contributed by atoms with E-state index in [4.69, 9.17) is 4.42 Å². The minimum absolute atomic E-state index is 0.703. The minimum Gasteiger partial charge on any atom is -0.461 e. The van der Waals surface area contributed by atoms with Crippen LogP contribution in [0.25, 0.3) is 5.57 Å². The number of hydrogen-bond acceptors (Lipinski definition) is 1. The van der Waals surface area contributed by atoms with Gasteiger partial charge in [-0.15, -0.1) is 0 Å². The summed E-state index contributed by atoms with van der Waals surface area (Å²) in [4.78, 5) is 0. The lowest BCUT2D eigenvalue weighted by Crippen LogP contribution is -1.97. The quantitative estimate of drug-likeness (QED) is 0.502. The van der Waals surface area contributed by atoms with Gasteiger partial charge in [0, 0.05) is 12.0 Å². The highest BCUT2D eigenvalue weighted by Crippen LogP contribution is 2.22. The first-order valence-corrected chi connectivity index (χ1v) is 8.59. The number of furan rings is 1. The molecule has 0 N–H and O–H groups in total. The lowest BCUT2D eigenvalue weighted by molar-refractivity contribution is 0.433. The molecule has 0 saturated heterocycles. The summed E-state index contributed by atoms with van der Waals surface area (Å²) in [6, 6.07) is 4.18. The Morgan fingerprint density at radius 2 is 1.76 bits per heavy atom. The molecular weight excluding hydrogens is 256 g/mol. The minimum atomic E-state index is 0.703. The second kappa shape index (κ2) is 15.2. The van der Waals surface area contributed by atoms with E-state index < -0.39 is 0 Å². The van der Waals surface area contributed by atoms with Crippen molar-refractivity contribution in [2.45, 2.75) is 74.7 Å². The highest BCUT2D eigenvalue weighted by molar-refractivity contribution is 5.70. The molecule has 21 heavy (non-hydrogen) atoms. The molecule has 122 valence electrons. The molecule has 0 bridgehead atoms. The van der Waals surface area contributed by atoms with E-state index in [1.54, 1.807) is 0 Å². The Labute approximate surface area is 133 Å². The molecule has 0 aliphatic carbocycles. The SMILES string of the molecule is C/C=C\C(=C/C)c1ccc(CC(C)CCC)o1.CC.CC. The first-order valence-electron chi connectivity index (χ1n) is 8.59. The van der Waals surface area contributed by atoms with E-state index in [2.05, 4.69) is 38.1 Å². The maximum Gasteiger partial charge on any atom is 0.133 e. The van der Waals surface area contributed by atoms with E-state index in [1.165, 1.54) is 12.8 Å². The summed E-state index contributed by atoms with van der Waals surface area (Å²) in [5, 5.41) is 0. The maximum atomic E-state index is 5.89. The molecule has 1 aromatic rings. The normalized spacial score (nSPS) is 12.3. The predicted octanol–water partition coefficient (Wildman–Crippen LogP) is 7.29. The van der Waals surface area contributed by atoms with Crippen LogP contribution in [0.1, 0.15) is 79.8 Å². The fraction of sp³-hybridized carbons (Fsp3) is 0.600. The van der Waals surface area contributed by atoms with Crippen LogP contribution in [0, 0.1) is 5.92 Å². The Hall–Kier alpha value is -1.24. The van der Waals surface area contributed by atoms with Crippen molar-refractivity contribution < 1.29 is 4.42 Å². The van der Waals surface area contributed by atoms with Crippen molar-refractivity contribution in [2.24, 2.45) is 5.92 Å². The third-order valence-corrected chi connectivity index (χ3v) is 2.93. The van der Waals surface area contributed by atoms with E-state index in [9.17, 15) is 0 Å². The molecule has 1 aromatic heterocycles. The summed E-state index contributed by atoms with van der Waals surface area (Å²) in [5.41, 5.74) is 1.15. The van der Waals surface area contributed by atoms with Crippen molar-refractivity contribution in [1.82, 2.24) is 0 Å². The zero-order valence-corrected chi connectivity index (χ0v) is 15.5. The standard InChI is InChI=1S/C16H24O.2C2H6/c1-5-8-13(4)12-15-10-11-16(17-15)14(7-3)9-6-2;2*1-2/h6-7,9-11,13H,5,8,12H2,1-4H3;2*1-2H3/b9-6-,14-7+;;. The van der Waals surface area contributed by atoms with Gasteiger partial charge in [0.05, 0.1) is 0 Å². The van der Waals surface area contributed by atoms with Crippen LogP contribution in [0.3, 0.4) is 0 Å². The van der Waals surface area contributed by atoms with Gasteiger partial charge in [0.2, 0.25) is 0 Å². The van der Waals surface area contributed by atoms with Gasteiger partial charge in [-0.05, 0) is 31.9 Å². The number of rotatable bonds is 6. The van der Waals surface area contributed by atoms with Crippen LogP contribution in [0.5, 0.6) is 0 Å². The van der Waals surface area contributed by atoms with E-state index in [1.807, 2.05) is 47.6 Å². The molecule has 0 saturated carbocycles. The van der Waals surface area contributed by atoms with Crippen molar-refractivity contribution in [3.8, 4) is 0 Å². The van der Waals surface area contributed by atoms with Crippen LogP contribution in [-0.2, 0) is 6.42 Å². The van der Waals surface area contributed by atoms with Gasteiger partial charge in [0.15, 0.2) is 0 Å². The summed E-state index contributed by atoms with van der Waals surface area (Å²) in [5.74, 6) is 2.78. The van der Waals surface area contributed by atoms with Gasteiger partial charge >= 0.3 is 0 Å². The van der Waals surface area contributed by atoms with Crippen molar-refractivity contribution in [3.05, 3.63) is 41.9 Å². The summed E-state index contributed by atoms with van der Waals surface area (Å²) >= 11 is 0. The smallest absolute Gasteiger partial charge is 0.133 e. The highest BCUT2D eigenvalue weighted by Gasteiger charge is 2.08. The Bertz CT molecular complexity index is 382. The topological polar surface area (TPSA) is 13.1 Å². The Morgan fingerprint density at radius 1 is 1.14 bits per heavy atom. The summed E-state index contributed by atoms with van der Waals surface area (Å²) in [7, 11) is 0. The third kappa shape index (κ3) is 9.33. The molecule has 0 amide bonds. The zero-order chi connectivity index (χ0) is 16.7. The highest BCUT2D eigenvalue weighted by atomic mass is 16.3. The van der Waals surface area contributed by atoms with E-state index in [-0.39, 0.29) is 0 Å². The van der Waals surface area contributed by atoms with Gasteiger partial charge in [-0.1, -0.05) is 72.6 Å². The van der Waals surface area contributed by atoms with Crippen molar-refractivity contribution in [1.29, 1.82) is 0 Å². The van der Waals surface area contributed by atoms with Crippen LogP contribution < -0.4 is 0 Å². The fourth-order valence-electron chi connectivity index (χ4n) is 2.08. The predicted molar refractivity (Wildman–Crippen MR) is 97.6 cm³/mol. The van der Waals surface area contributed by atoms with Crippen LogP contribution >= 0.6 is 0 Å². The molecule has 1 heterocycles. The van der Waals surface area contributed by atoms with Crippen LogP contribution in [0.4, 0.5) is 0 Å². The molecule has 0 fully saturated rings. The van der Waals surface area contributed by atoms with E-state index in [0.29, 0.717) is 5.92 Å². The van der Waals surface area contributed by atoms with Crippen molar-refractivity contribution in [3.63, 3.8) is 0 Å². The van der Waals surface area contributed by atoms with E-state index >= 15 is 0 Å². The largest absolute Gasteiger partial charge is 0.461 e. The van der Waals surface area contributed by atoms with Gasteiger partial charge in [-0.2, -0.15) is 0 Å². The molecule has 1 nitrogen and oxygen atoms in total. The zero-order valence-electron chi connectivity index (χ0n) is 15.5. The molecule has 0 spiro atoms. The first kappa shape index (κ1) is 22.0. The summed E-state index contributed by atoms with van der Waals surface area (Å²) < 4.78 is 5.89. The molecular formula is C20H36O. The van der Waals surface area contributed by atoms with Gasteiger partial charge in [-0.3, -0.25) is 0 Å². The van der Waals surface area contributed by atoms with Gasteiger partial charge in [0.1, 0.15) is 11.5 Å².